The van der Waals surface area contributed by atoms with Gasteiger partial charge < -0.3 is 15.7 Å². The van der Waals surface area contributed by atoms with Crippen LogP contribution >= 0.6 is 0 Å². The van der Waals surface area contributed by atoms with Crippen LogP contribution in [0.2, 0.25) is 0 Å². The summed E-state index contributed by atoms with van der Waals surface area (Å²) < 4.78 is 13.2. The van der Waals surface area contributed by atoms with Crippen LogP contribution in [-0.2, 0) is 0 Å². The first-order chi connectivity index (χ1) is 11.5. The van der Waals surface area contributed by atoms with Gasteiger partial charge in [0.1, 0.15) is 11.6 Å². The Balaban J connectivity index is 2.01. The molecule has 0 fully saturated rings. The monoisotopic (exact) mass is 333 g/mol. The maximum atomic E-state index is 13.2. The molecule has 2 rings (SSSR count). The molecule has 24 heavy (non-hydrogen) atoms. The fourth-order valence-electron chi connectivity index (χ4n) is 2.00. The number of anilines is 3. The van der Waals surface area contributed by atoms with Crippen LogP contribution in [0.15, 0.2) is 24.3 Å². The number of nitrogens with one attached hydrogen (secondary N) is 3. The minimum atomic E-state index is -0.520. The molecule has 0 unspecified atom stereocenters. The number of aryl methyl sites for hydroxylation is 2. The lowest BCUT2D eigenvalue weighted by molar-refractivity contribution is 0.262. The van der Waals surface area contributed by atoms with Gasteiger partial charge in [0, 0.05) is 30.6 Å². The van der Waals surface area contributed by atoms with E-state index in [4.69, 9.17) is 5.11 Å². The molecular formula is C16H20FN5O2. The van der Waals surface area contributed by atoms with E-state index in [1.165, 1.54) is 18.2 Å². The van der Waals surface area contributed by atoms with Gasteiger partial charge in [-0.15, -0.1) is 0 Å². The number of rotatable bonds is 6. The fourth-order valence-corrected chi connectivity index (χ4v) is 2.00. The first-order valence-electron chi connectivity index (χ1n) is 7.52. The SMILES string of the molecule is Cc1cc(NCCCO)nc(NC(=O)Nc2ccc(F)c(C)c2)n1. The van der Waals surface area contributed by atoms with Crippen LogP contribution in [0.1, 0.15) is 17.7 Å². The average molecular weight is 333 g/mol. The highest BCUT2D eigenvalue weighted by Gasteiger charge is 2.08. The molecule has 0 aliphatic carbocycles. The Hall–Kier alpha value is -2.74. The molecule has 0 aliphatic rings. The van der Waals surface area contributed by atoms with Gasteiger partial charge in [-0.25, -0.2) is 14.2 Å². The molecule has 2 aromatic rings. The van der Waals surface area contributed by atoms with Crippen molar-refractivity contribution in [3.63, 3.8) is 0 Å². The van der Waals surface area contributed by atoms with E-state index >= 15 is 0 Å². The second kappa shape index (κ2) is 8.21. The average Bonchev–Trinajstić information content (AvgIpc) is 2.50. The summed E-state index contributed by atoms with van der Waals surface area (Å²) in [6, 6.07) is 5.52. The second-order valence-electron chi connectivity index (χ2n) is 5.27. The van der Waals surface area contributed by atoms with Crippen molar-refractivity contribution in [2.45, 2.75) is 20.3 Å². The molecule has 128 valence electrons. The molecule has 0 saturated heterocycles. The lowest BCUT2D eigenvalue weighted by Gasteiger charge is -2.10. The zero-order valence-electron chi connectivity index (χ0n) is 13.6. The molecule has 1 aromatic carbocycles. The van der Waals surface area contributed by atoms with E-state index in [-0.39, 0.29) is 18.4 Å². The minimum absolute atomic E-state index is 0.0850. The zero-order chi connectivity index (χ0) is 17.5. The number of aliphatic hydroxyl groups excluding tert-OH is 1. The molecule has 0 aliphatic heterocycles. The van der Waals surface area contributed by atoms with Crippen molar-refractivity contribution in [3.05, 3.63) is 41.3 Å². The maximum Gasteiger partial charge on any atom is 0.326 e. The highest BCUT2D eigenvalue weighted by molar-refractivity contribution is 5.98. The number of halogens is 1. The standard InChI is InChI=1S/C16H20FN5O2/c1-10-8-12(4-5-13(10)17)20-16(24)22-15-19-11(2)9-14(21-15)18-6-3-7-23/h4-5,8-9,23H,3,6-7H2,1-2H3,(H3,18,19,20,21,22,24). The molecule has 0 atom stereocenters. The molecule has 0 bridgehead atoms. The van der Waals surface area contributed by atoms with Crippen molar-refractivity contribution < 1.29 is 14.3 Å². The van der Waals surface area contributed by atoms with Gasteiger partial charge >= 0.3 is 6.03 Å². The Labute approximate surface area is 139 Å². The van der Waals surface area contributed by atoms with Crippen molar-refractivity contribution in [2.24, 2.45) is 0 Å². The van der Waals surface area contributed by atoms with Crippen molar-refractivity contribution in [1.29, 1.82) is 0 Å². The Morgan fingerprint density at radius 2 is 2.00 bits per heavy atom. The van der Waals surface area contributed by atoms with Crippen LogP contribution in [0.4, 0.5) is 26.6 Å². The van der Waals surface area contributed by atoms with Crippen LogP contribution in [0, 0.1) is 19.7 Å². The van der Waals surface area contributed by atoms with Crippen LogP contribution < -0.4 is 16.0 Å². The number of amides is 2. The molecule has 7 nitrogen and oxygen atoms in total. The van der Waals surface area contributed by atoms with Crippen LogP contribution in [0.25, 0.3) is 0 Å². The number of hydrogen-bond donors (Lipinski definition) is 4. The predicted molar refractivity (Wildman–Crippen MR) is 90.7 cm³/mol. The Kier molecular flexibility index (Phi) is 6.02. The van der Waals surface area contributed by atoms with Gasteiger partial charge in [0.15, 0.2) is 0 Å². The largest absolute Gasteiger partial charge is 0.396 e. The molecule has 0 radical (unpaired) electrons. The number of aromatic nitrogens is 2. The van der Waals surface area contributed by atoms with Crippen molar-refractivity contribution >= 4 is 23.5 Å². The summed E-state index contributed by atoms with van der Waals surface area (Å²) in [5.74, 6) is 0.378. The maximum absolute atomic E-state index is 13.2. The number of carbonyl (C=O) groups is 1. The van der Waals surface area contributed by atoms with Crippen molar-refractivity contribution in [2.75, 3.05) is 29.1 Å². The molecule has 0 spiro atoms. The number of aliphatic hydroxyl groups is 1. The van der Waals surface area contributed by atoms with Gasteiger partial charge in [0.2, 0.25) is 5.95 Å². The third-order valence-corrected chi connectivity index (χ3v) is 3.14. The topological polar surface area (TPSA) is 99.2 Å². The van der Waals surface area contributed by atoms with E-state index < -0.39 is 6.03 Å². The fraction of sp³-hybridized carbons (Fsp3) is 0.312. The highest BCUT2D eigenvalue weighted by atomic mass is 19.1. The zero-order valence-corrected chi connectivity index (χ0v) is 13.6. The number of urea groups is 1. The second-order valence-corrected chi connectivity index (χ2v) is 5.27. The van der Waals surface area contributed by atoms with Crippen molar-refractivity contribution in [3.8, 4) is 0 Å². The van der Waals surface area contributed by atoms with Crippen LogP contribution in [0.3, 0.4) is 0 Å². The minimum Gasteiger partial charge on any atom is -0.396 e. The molecule has 1 heterocycles. The Bertz CT molecular complexity index is 724. The molecular weight excluding hydrogens is 313 g/mol. The summed E-state index contributed by atoms with van der Waals surface area (Å²) in [7, 11) is 0. The molecule has 4 N–H and O–H groups in total. The summed E-state index contributed by atoms with van der Waals surface area (Å²) in [5.41, 5.74) is 1.60. The van der Waals surface area contributed by atoms with Gasteiger partial charge in [0.05, 0.1) is 0 Å². The Morgan fingerprint density at radius 1 is 1.21 bits per heavy atom. The van der Waals surface area contributed by atoms with E-state index in [1.54, 1.807) is 19.9 Å². The third kappa shape index (κ3) is 5.17. The number of benzene rings is 1. The lowest BCUT2D eigenvalue weighted by Crippen LogP contribution is -2.21. The molecule has 1 aromatic heterocycles. The summed E-state index contributed by atoms with van der Waals surface area (Å²) in [6.45, 7) is 4.05. The molecule has 2 amide bonds. The quantitative estimate of drug-likeness (QED) is 0.609. The van der Waals surface area contributed by atoms with Gasteiger partial charge in [-0.05, 0) is 44.0 Å². The normalized spacial score (nSPS) is 10.3. The number of hydrogen-bond acceptors (Lipinski definition) is 5. The summed E-state index contributed by atoms with van der Waals surface area (Å²) in [5, 5.41) is 17.0. The summed E-state index contributed by atoms with van der Waals surface area (Å²) in [4.78, 5) is 20.3. The van der Waals surface area contributed by atoms with Crippen molar-refractivity contribution in [1.82, 2.24) is 9.97 Å². The van der Waals surface area contributed by atoms with Gasteiger partial charge in [-0.3, -0.25) is 5.32 Å². The van der Waals surface area contributed by atoms with Gasteiger partial charge in [-0.1, -0.05) is 0 Å². The molecule has 8 heteroatoms. The predicted octanol–water partition coefficient (Wildman–Crippen LogP) is 2.67. The first-order valence-corrected chi connectivity index (χ1v) is 7.52. The lowest BCUT2D eigenvalue weighted by atomic mass is 10.2. The highest BCUT2D eigenvalue weighted by Crippen LogP contribution is 2.14. The van der Waals surface area contributed by atoms with E-state index in [1.807, 2.05) is 0 Å². The smallest absolute Gasteiger partial charge is 0.326 e. The van der Waals surface area contributed by atoms with E-state index in [0.717, 1.165) is 0 Å². The van der Waals surface area contributed by atoms with Gasteiger partial charge in [-0.2, -0.15) is 4.98 Å². The Morgan fingerprint density at radius 3 is 2.71 bits per heavy atom. The third-order valence-electron chi connectivity index (χ3n) is 3.14. The van der Waals surface area contributed by atoms with Crippen LogP contribution in [0.5, 0.6) is 0 Å². The van der Waals surface area contributed by atoms with E-state index in [0.29, 0.717) is 35.7 Å². The van der Waals surface area contributed by atoms with E-state index in [9.17, 15) is 9.18 Å². The number of nitrogens with zero attached hydrogens (tertiary/aromatic N) is 2. The van der Waals surface area contributed by atoms with Gasteiger partial charge in [0.25, 0.3) is 0 Å². The summed E-state index contributed by atoms with van der Waals surface area (Å²) >= 11 is 0. The van der Waals surface area contributed by atoms with E-state index in [2.05, 4.69) is 25.9 Å². The first kappa shape index (κ1) is 17.6. The number of carbonyl (C=O) groups excluding carboxylic acids is 1. The molecule has 0 saturated carbocycles. The van der Waals surface area contributed by atoms with Crippen LogP contribution in [-0.4, -0.2) is 34.3 Å². The summed E-state index contributed by atoms with van der Waals surface area (Å²) in [6.07, 6.45) is 0.593.